The third-order valence-corrected chi connectivity index (χ3v) is 6.96. The maximum absolute atomic E-state index is 10.4. The minimum atomic E-state index is 0.151. The average molecular weight is 447 g/mol. The van der Waals surface area contributed by atoms with Gasteiger partial charge in [0.25, 0.3) is 0 Å². The van der Waals surface area contributed by atoms with E-state index in [2.05, 4.69) is 44.9 Å². The van der Waals surface area contributed by atoms with Crippen LogP contribution in [0.1, 0.15) is 39.5 Å². The summed E-state index contributed by atoms with van der Waals surface area (Å²) in [4.78, 5) is 0. The quantitative estimate of drug-likeness (QED) is 0.521. The summed E-state index contributed by atoms with van der Waals surface area (Å²) in [5, 5.41) is 34.9. The lowest BCUT2D eigenvalue weighted by atomic mass is 9.80. The standard InChI is InChI=1S/C25H30N6O2/c1-24-10-11-25(2,31-24)14-16(13-24)15-26-21-9-8-19(27-28-21)23-18(12-22(33-3)29-30-23)17-6-4-5-7-20(17)32/h4-9,12,16,31-32H,10-11,13-15H2,1-3H3,(H,26,28). The van der Waals surface area contributed by atoms with Crippen LogP contribution in [0.25, 0.3) is 22.5 Å². The summed E-state index contributed by atoms with van der Waals surface area (Å²) in [6.45, 7) is 5.57. The molecule has 3 aromatic rings. The molecule has 5 rings (SSSR count). The van der Waals surface area contributed by atoms with Crippen LogP contribution < -0.4 is 15.4 Å². The minimum Gasteiger partial charge on any atom is -0.507 e. The van der Waals surface area contributed by atoms with Crippen molar-refractivity contribution in [3.05, 3.63) is 42.5 Å². The molecule has 2 atom stereocenters. The highest BCUT2D eigenvalue weighted by molar-refractivity contribution is 5.82. The molecule has 2 aliphatic rings. The van der Waals surface area contributed by atoms with Gasteiger partial charge in [0.15, 0.2) is 0 Å². The Kier molecular flexibility index (Phi) is 5.40. The molecule has 2 unspecified atom stereocenters. The average Bonchev–Trinajstić information content (AvgIpc) is 3.05. The SMILES string of the molecule is COc1cc(-c2ccccc2O)c(-c2ccc(NCC3CC4(C)CCC(C)(C3)N4)nn2)nn1. The van der Waals surface area contributed by atoms with Crippen molar-refractivity contribution in [2.24, 2.45) is 5.92 Å². The zero-order valence-electron chi connectivity index (χ0n) is 19.3. The van der Waals surface area contributed by atoms with Gasteiger partial charge in [0, 0.05) is 34.8 Å². The van der Waals surface area contributed by atoms with E-state index in [4.69, 9.17) is 4.74 Å². The van der Waals surface area contributed by atoms with Crippen LogP contribution in [0.4, 0.5) is 5.82 Å². The highest BCUT2D eigenvalue weighted by Gasteiger charge is 2.48. The number of hydrogen-bond acceptors (Lipinski definition) is 8. The molecule has 3 N–H and O–H groups in total. The Bertz CT molecular complexity index is 1140. The molecule has 0 aliphatic carbocycles. The molecule has 0 radical (unpaired) electrons. The van der Waals surface area contributed by atoms with Gasteiger partial charge in [-0.2, -0.15) is 0 Å². The second kappa shape index (κ2) is 8.26. The normalized spacial score (nSPS) is 26.2. The van der Waals surface area contributed by atoms with Crippen LogP contribution in [0.15, 0.2) is 42.5 Å². The summed E-state index contributed by atoms with van der Waals surface area (Å²) in [7, 11) is 1.53. The molecule has 33 heavy (non-hydrogen) atoms. The Balaban J connectivity index is 1.34. The smallest absolute Gasteiger partial charge is 0.233 e. The predicted octanol–water partition coefficient (Wildman–Crippen LogP) is 4.04. The summed E-state index contributed by atoms with van der Waals surface area (Å²) in [6.07, 6.45) is 4.84. The number of hydrogen-bond donors (Lipinski definition) is 3. The van der Waals surface area contributed by atoms with Crippen molar-refractivity contribution in [1.29, 1.82) is 0 Å². The molecule has 0 amide bonds. The first-order valence-corrected chi connectivity index (χ1v) is 11.4. The van der Waals surface area contributed by atoms with Gasteiger partial charge in [-0.1, -0.05) is 18.2 Å². The molecule has 8 heteroatoms. The number of aromatic hydroxyl groups is 1. The number of para-hydroxylation sites is 1. The summed E-state index contributed by atoms with van der Waals surface area (Å²) in [6, 6.07) is 12.6. The van der Waals surface area contributed by atoms with Gasteiger partial charge < -0.3 is 20.5 Å². The monoisotopic (exact) mass is 446 g/mol. The molecule has 8 nitrogen and oxygen atoms in total. The fourth-order valence-corrected chi connectivity index (χ4v) is 5.57. The van der Waals surface area contributed by atoms with Gasteiger partial charge >= 0.3 is 0 Å². The number of nitrogens with zero attached hydrogens (tertiary/aromatic N) is 4. The first-order valence-electron chi connectivity index (χ1n) is 11.4. The zero-order valence-corrected chi connectivity index (χ0v) is 19.3. The molecule has 2 fully saturated rings. The number of fused-ring (bicyclic) bond motifs is 2. The van der Waals surface area contributed by atoms with E-state index < -0.39 is 0 Å². The van der Waals surface area contributed by atoms with Gasteiger partial charge in [0.1, 0.15) is 23.0 Å². The first-order chi connectivity index (χ1) is 15.9. The van der Waals surface area contributed by atoms with E-state index in [0.29, 0.717) is 34.3 Å². The van der Waals surface area contributed by atoms with Crippen LogP contribution in [-0.2, 0) is 0 Å². The summed E-state index contributed by atoms with van der Waals surface area (Å²) < 4.78 is 5.24. The van der Waals surface area contributed by atoms with E-state index in [1.807, 2.05) is 24.3 Å². The lowest BCUT2D eigenvalue weighted by Gasteiger charge is -2.42. The number of aromatic nitrogens is 4. The van der Waals surface area contributed by atoms with Crippen LogP contribution in [0.3, 0.4) is 0 Å². The van der Waals surface area contributed by atoms with E-state index in [9.17, 15) is 5.11 Å². The highest BCUT2D eigenvalue weighted by atomic mass is 16.5. The van der Waals surface area contributed by atoms with Crippen LogP contribution in [-0.4, -0.2) is 50.2 Å². The Morgan fingerprint density at radius 2 is 1.76 bits per heavy atom. The number of methoxy groups -OCH3 is 1. The lowest BCUT2D eigenvalue weighted by Crippen LogP contribution is -2.54. The van der Waals surface area contributed by atoms with Gasteiger partial charge in [-0.3, -0.25) is 0 Å². The predicted molar refractivity (Wildman–Crippen MR) is 127 cm³/mol. The molecule has 2 saturated heterocycles. The molecule has 0 saturated carbocycles. The Morgan fingerprint density at radius 3 is 2.42 bits per heavy atom. The summed E-state index contributed by atoms with van der Waals surface area (Å²) in [5.41, 5.74) is 2.93. The molecular formula is C25H30N6O2. The van der Waals surface area contributed by atoms with Gasteiger partial charge in [-0.05, 0) is 63.6 Å². The van der Waals surface area contributed by atoms with E-state index in [0.717, 1.165) is 12.4 Å². The summed E-state index contributed by atoms with van der Waals surface area (Å²) >= 11 is 0. The van der Waals surface area contributed by atoms with Gasteiger partial charge in [0.05, 0.1) is 7.11 Å². The molecule has 172 valence electrons. The number of anilines is 1. The fourth-order valence-electron chi connectivity index (χ4n) is 5.57. The number of rotatable bonds is 6. The largest absolute Gasteiger partial charge is 0.507 e. The van der Waals surface area contributed by atoms with Crippen molar-refractivity contribution < 1.29 is 9.84 Å². The maximum Gasteiger partial charge on any atom is 0.233 e. The molecule has 0 spiro atoms. The van der Waals surface area contributed by atoms with Crippen molar-refractivity contribution in [2.45, 2.75) is 50.6 Å². The van der Waals surface area contributed by atoms with E-state index in [1.54, 1.807) is 18.2 Å². The van der Waals surface area contributed by atoms with Crippen LogP contribution >= 0.6 is 0 Å². The lowest BCUT2D eigenvalue weighted by molar-refractivity contribution is 0.178. The second-order valence-electron chi connectivity index (χ2n) is 9.87. The Hall–Kier alpha value is -3.26. The molecule has 2 bridgehead atoms. The third-order valence-electron chi connectivity index (χ3n) is 6.96. The molecule has 4 heterocycles. The number of phenols is 1. The number of ether oxygens (including phenoxy) is 1. The molecular weight excluding hydrogens is 416 g/mol. The fraction of sp³-hybridized carbons (Fsp3) is 0.440. The van der Waals surface area contributed by atoms with Crippen molar-refractivity contribution in [3.8, 4) is 34.1 Å². The Labute approximate surface area is 193 Å². The van der Waals surface area contributed by atoms with E-state index in [1.165, 1.54) is 32.8 Å². The number of nitrogens with one attached hydrogen (secondary N) is 2. The second-order valence-corrected chi connectivity index (χ2v) is 9.87. The van der Waals surface area contributed by atoms with Crippen LogP contribution in [0.2, 0.25) is 0 Å². The van der Waals surface area contributed by atoms with Gasteiger partial charge in [-0.25, -0.2) is 0 Å². The molecule has 2 aliphatic heterocycles. The topological polar surface area (TPSA) is 105 Å². The maximum atomic E-state index is 10.4. The minimum absolute atomic E-state index is 0.151. The Morgan fingerprint density at radius 1 is 1.00 bits per heavy atom. The first kappa shape index (κ1) is 21.6. The van der Waals surface area contributed by atoms with Crippen molar-refractivity contribution >= 4 is 5.82 Å². The van der Waals surface area contributed by atoms with Crippen molar-refractivity contribution in [3.63, 3.8) is 0 Å². The molecule has 2 aromatic heterocycles. The van der Waals surface area contributed by atoms with Crippen LogP contribution in [0.5, 0.6) is 11.6 Å². The number of piperidine rings is 1. The van der Waals surface area contributed by atoms with Gasteiger partial charge in [-0.15, -0.1) is 20.4 Å². The van der Waals surface area contributed by atoms with E-state index in [-0.39, 0.29) is 16.8 Å². The van der Waals surface area contributed by atoms with Crippen LogP contribution in [0, 0.1) is 5.92 Å². The van der Waals surface area contributed by atoms with Gasteiger partial charge in [0.2, 0.25) is 5.88 Å². The van der Waals surface area contributed by atoms with Crippen molar-refractivity contribution in [2.75, 3.05) is 19.0 Å². The molecule has 1 aromatic carbocycles. The highest BCUT2D eigenvalue weighted by Crippen LogP contribution is 2.44. The zero-order chi connectivity index (χ0) is 23.1. The third kappa shape index (κ3) is 4.35. The van der Waals surface area contributed by atoms with E-state index >= 15 is 0 Å². The number of benzene rings is 1. The number of phenolic OH excluding ortho intramolecular Hbond substituents is 1. The van der Waals surface area contributed by atoms with Crippen molar-refractivity contribution in [1.82, 2.24) is 25.7 Å². The summed E-state index contributed by atoms with van der Waals surface area (Å²) in [5.74, 6) is 1.86.